The molecule has 0 radical (unpaired) electrons. The molecular weight excluding hydrogens is 206 g/mol. The van der Waals surface area contributed by atoms with E-state index in [0.717, 1.165) is 5.69 Å². The van der Waals surface area contributed by atoms with Crippen molar-refractivity contribution in [3.05, 3.63) is 24.0 Å². The third-order valence-corrected chi connectivity index (χ3v) is 1.98. The Balaban J connectivity index is 2.29. The van der Waals surface area contributed by atoms with E-state index in [4.69, 9.17) is 10.5 Å². The van der Waals surface area contributed by atoms with Crippen LogP contribution in [0.4, 0.5) is 0 Å². The van der Waals surface area contributed by atoms with Crippen LogP contribution in [0.3, 0.4) is 0 Å². The standard InChI is InChI=1S/C11H17N3O2/c1-2-13-11(15)5-6-16-10-4-3-9(7-12)14-8-10/h3-4,8H,2,5-7,12H2,1H3,(H,13,15). The van der Waals surface area contributed by atoms with Crippen molar-refractivity contribution in [2.24, 2.45) is 5.73 Å². The van der Waals surface area contributed by atoms with Crippen molar-refractivity contribution in [3.63, 3.8) is 0 Å². The zero-order valence-corrected chi connectivity index (χ0v) is 9.40. The van der Waals surface area contributed by atoms with Crippen LogP contribution in [0.1, 0.15) is 19.0 Å². The highest BCUT2D eigenvalue weighted by atomic mass is 16.5. The second kappa shape index (κ2) is 6.79. The smallest absolute Gasteiger partial charge is 0.223 e. The Morgan fingerprint density at radius 3 is 2.94 bits per heavy atom. The molecule has 0 aliphatic carbocycles. The van der Waals surface area contributed by atoms with Gasteiger partial charge in [0.25, 0.3) is 0 Å². The number of rotatable bonds is 6. The molecule has 88 valence electrons. The van der Waals surface area contributed by atoms with Gasteiger partial charge in [-0.1, -0.05) is 0 Å². The molecule has 0 spiro atoms. The maximum absolute atomic E-state index is 11.1. The summed E-state index contributed by atoms with van der Waals surface area (Å²) < 4.78 is 5.36. The van der Waals surface area contributed by atoms with Crippen LogP contribution in [0.25, 0.3) is 0 Å². The predicted octanol–water partition coefficient (Wildman–Crippen LogP) is 0.445. The van der Waals surface area contributed by atoms with Gasteiger partial charge in [-0.25, -0.2) is 0 Å². The fourth-order valence-corrected chi connectivity index (χ4v) is 1.16. The van der Waals surface area contributed by atoms with Gasteiger partial charge in [0.05, 0.1) is 24.9 Å². The summed E-state index contributed by atoms with van der Waals surface area (Å²) in [4.78, 5) is 15.2. The highest BCUT2D eigenvalue weighted by Gasteiger charge is 2.00. The molecule has 1 amide bonds. The maximum atomic E-state index is 11.1. The Kier molecular flexibility index (Phi) is 5.28. The number of nitrogens with zero attached hydrogens (tertiary/aromatic N) is 1. The van der Waals surface area contributed by atoms with Gasteiger partial charge in [-0.3, -0.25) is 9.78 Å². The van der Waals surface area contributed by atoms with Gasteiger partial charge in [-0.05, 0) is 19.1 Å². The maximum Gasteiger partial charge on any atom is 0.223 e. The molecule has 0 unspecified atom stereocenters. The van der Waals surface area contributed by atoms with Crippen molar-refractivity contribution < 1.29 is 9.53 Å². The van der Waals surface area contributed by atoms with Gasteiger partial charge in [0.1, 0.15) is 5.75 Å². The average Bonchev–Trinajstić information content (AvgIpc) is 2.30. The first-order valence-corrected chi connectivity index (χ1v) is 5.30. The Labute approximate surface area is 95.0 Å². The van der Waals surface area contributed by atoms with Gasteiger partial charge in [0.2, 0.25) is 5.91 Å². The number of ether oxygens (including phenoxy) is 1. The number of nitrogens with two attached hydrogens (primary N) is 1. The van der Waals surface area contributed by atoms with E-state index >= 15 is 0 Å². The van der Waals surface area contributed by atoms with Gasteiger partial charge < -0.3 is 15.8 Å². The van der Waals surface area contributed by atoms with Crippen LogP contribution >= 0.6 is 0 Å². The van der Waals surface area contributed by atoms with Gasteiger partial charge in [0.15, 0.2) is 0 Å². The fourth-order valence-electron chi connectivity index (χ4n) is 1.16. The first kappa shape index (κ1) is 12.4. The van der Waals surface area contributed by atoms with Gasteiger partial charge in [0, 0.05) is 13.1 Å². The topological polar surface area (TPSA) is 77.2 Å². The zero-order valence-electron chi connectivity index (χ0n) is 9.40. The minimum Gasteiger partial charge on any atom is -0.491 e. The Morgan fingerprint density at radius 1 is 1.56 bits per heavy atom. The van der Waals surface area contributed by atoms with E-state index in [1.54, 1.807) is 18.3 Å². The van der Waals surface area contributed by atoms with Crippen molar-refractivity contribution in [1.82, 2.24) is 10.3 Å². The number of pyridine rings is 1. The molecule has 1 heterocycles. The summed E-state index contributed by atoms with van der Waals surface area (Å²) in [5.41, 5.74) is 6.23. The summed E-state index contributed by atoms with van der Waals surface area (Å²) in [6, 6.07) is 3.61. The predicted molar refractivity (Wildman–Crippen MR) is 60.9 cm³/mol. The molecule has 16 heavy (non-hydrogen) atoms. The van der Waals surface area contributed by atoms with Gasteiger partial charge >= 0.3 is 0 Å². The van der Waals surface area contributed by atoms with Crippen LogP contribution in [0.2, 0.25) is 0 Å². The minimum atomic E-state index is -0.00552. The zero-order chi connectivity index (χ0) is 11.8. The van der Waals surface area contributed by atoms with Crippen molar-refractivity contribution in [2.45, 2.75) is 19.9 Å². The van der Waals surface area contributed by atoms with Crippen LogP contribution in [0.15, 0.2) is 18.3 Å². The minimum absolute atomic E-state index is 0.00552. The first-order valence-electron chi connectivity index (χ1n) is 5.30. The third kappa shape index (κ3) is 4.27. The lowest BCUT2D eigenvalue weighted by Gasteiger charge is -2.06. The highest BCUT2D eigenvalue weighted by Crippen LogP contribution is 2.08. The number of amides is 1. The number of nitrogens with one attached hydrogen (secondary N) is 1. The Morgan fingerprint density at radius 2 is 2.38 bits per heavy atom. The van der Waals surface area contributed by atoms with Gasteiger partial charge in [-0.2, -0.15) is 0 Å². The molecule has 0 aliphatic heterocycles. The largest absolute Gasteiger partial charge is 0.491 e. The van der Waals surface area contributed by atoms with E-state index < -0.39 is 0 Å². The summed E-state index contributed by atoms with van der Waals surface area (Å²) >= 11 is 0. The molecule has 5 heteroatoms. The molecule has 1 rings (SSSR count). The van der Waals surface area contributed by atoms with Crippen molar-refractivity contribution in [3.8, 4) is 5.75 Å². The van der Waals surface area contributed by atoms with Crippen molar-refractivity contribution >= 4 is 5.91 Å². The van der Waals surface area contributed by atoms with Crippen LogP contribution in [-0.2, 0) is 11.3 Å². The van der Waals surface area contributed by atoms with E-state index in [1.807, 2.05) is 6.92 Å². The number of carbonyl (C=O) groups is 1. The molecule has 5 nitrogen and oxygen atoms in total. The highest BCUT2D eigenvalue weighted by molar-refractivity contribution is 5.75. The average molecular weight is 223 g/mol. The number of hydrogen-bond acceptors (Lipinski definition) is 4. The third-order valence-electron chi connectivity index (χ3n) is 1.98. The number of aromatic nitrogens is 1. The van der Waals surface area contributed by atoms with Crippen molar-refractivity contribution in [1.29, 1.82) is 0 Å². The van der Waals surface area contributed by atoms with E-state index in [0.29, 0.717) is 31.9 Å². The summed E-state index contributed by atoms with van der Waals surface area (Å²) in [5.74, 6) is 0.649. The molecule has 0 saturated carbocycles. The summed E-state index contributed by atoms with van der Waals surface area (Å²) in [6.45, 7) is 3.30. The Bertz CT molecular complexity index is 325. The second-order valence-corrected chi connectivity index (χ2v) is 3.24. The van der Waals surface area contributed by atoms with Crippen molar-refractivity contribution in [2.75, 3.05) is 13.2 Å². The van der Waals surface area contributed by atoms with E-state index in [-0.39, 0.29) is 5.91 Å². The fraction of sp³-hybridized carbons (Fsp3) is 0.455. The molecule has 3 N–H and O–H groups in total. The van der Waals surface area contributed by atoms with Crippen LogP contribution < -0.4 is 15.8 Å². The first-order chi connectivity index (χ1) is 7.76. The normalized spacial score (nSPS) is 9.88. The molecule has 1 aromatic rings. The van der Waals surface area contributed by atoms with E-state index in [1.165, 1.54) is 0 Å². The molecule has 0 atom stereocenters. The van der Waals surface area contributed by atoms with Crippen LogP contribution in [0, 0.1) is 0 Å². The lowest BCUT2D eigenvalue weighted by molar-refractivity contribution is -0.121. The molecule has 1 aromatic heterocycles. The van der Waals surface area contributed by atoms with Crippen LogP contribution in [-0.4, -0.2) is 24.0 Å². The summed E-state index contributed by atoms with van der Waals surface area (Å²) in [5, 5.41) is 2.70. The molecule has 0 aromatic carbocycles. The SMILES string of the molecule is CCNC(=O)CCOc1ccc(CN)nc1. The lowest BCUT2D eigenvalue weighted by Crippen LogP contribution is -2.24. The monoisotopic (exact) mass is 223 g/mol. The molecule has 0 fully saturated rings. The molecule has 0 aliphatic rings. The quantitative estimate of drug-likeness (QED) is 0.734. The summed E-state index contributed by atoms with van der Waals surface area (Å²) in [6.07, 6.45) is 1.96. The Hall–Kier alpha value is -1.62. The lowest BCUT2D eigenvalue weighted by atomic mass is 10.3. The second-order valence-electron chi connectivity index (χ2n) is 3.24. The van der Waals surface area contributed by atoms with Gasteiger partial charge in [-0.15, -0.1) is 0 Å². The molecular formula is C11H17N3O2. The number of hydrogen-bond donors (Lipinski definition) is 2. The molecule has 0 bridgehead atoms. The number of carbonyl (C=O) groups excluding carboxylic acids is 1. The van der Waals surface area contributed by atoms with E-state index in [9.17, 15) is 4.79 Å². The van der Waals surface area contributed by atoms with Crippen LogP contribution in [0.5, 0.6) is 5.75 Å². The summed E-state index contributed by atoms with van der Waals surface area (Å²) in [7, 11) is 0. The molecule has 0 saturated heterocycles. The van der Waals surface area contributed by atoms with E-state index in [2.05, 4.69) is 10.3 Å².